The zero-order valence-corrected chi connectivity index (χ0v) is 17.9. The van der Waals surface area contributed by atoms with Crippen LogP contribution in [0.25, 0.3) is 0 Å². The van der Waals surface area contributed by atoms with Crippen LogP contribution in [0.5, 0.6) is 11.5 Å². The smallest absolute Gasteiger partial charge is 0.456 e. The van der Waals surface area contributed by atoms with E-state index in [1.165, 1.54) is 18.2 Å². The van der Waals surface area contributed by atoms with Gasteiger partial charge in [-0.15, -0.1) is 0 Å². The Kier molecular flexibility index (Phi) is 7.20. The van der Waals surface area contributed by atoms with E-state index < -0.39 is 23.5 Å². The van der Waals surface area contributed by atoms with E-state index in [-0.39, 0.29) is 22.5 Å². The van der Waals surface area contributed by atoms with E-state index in [4.69, 9.17) is 39.5 Å². The van der Waals surface area contributed by atoms with E-state index in [0.717, 1.165) is 12.1 Å². The highest BCUT2D eigenvalue weighted by Gasteiger charge is 2.21. The van der Waals surface area contributed by atoms with Gasteiger partial charge in [-0.2, -0.15) is 0 Å². The Morgan fingerprint density at radius 1 is 0.968 bits per heavy atom. The Bertz CT molecular complexity index is 1170. The third-order valence-electron chi connectivity index (χ3n) is 4.26. The molecule has 2 N–H and O–H groups in total. The first-order valence-electron chi connectivity index (χ1n) is 8.74. The van der Waals surface area contributed by atoms with Gasteiger partial charge < -0.3 is 14.8 Å². The molecule has 0 radical (unpaired) electrons. The van der Waals surface area contributed by atoms with Crippen molar-refractivity contribution in [2.75, 3.05) is 0 Å². The van der Waals surface area contributed by atoms with Crippen molar-refractivity contribution in [2.45, 2.75) is 6.42 Å². The molecule has 158 valence electrons. The number of non-ortho nitro benzene ring substituents is 1. The summed E-state index contributed by atoms with van der Waals surface area (Å²) in [6.07, 6.45) is -0.219. The summed E-state index contributed by atoms with van der Waals surface area (Å²) in [6.45, 7) is 0. The predicted molar refractivity (Wildman–Crippen MR) is 119 cm³/mol. The van der Waals surface area contributed by atoms with Crippen molar-refractivity contribution in [3.8, 4) is 11.5 Å². The molecule has 0 unspecified atom stereocenters. The van der Waals surface area contributed by atoms with Gasteiger partial charge in [-0.1, -0.05) is 40.9 Å². The third kappa shape index (κ3) is 5.75. The molecule has 0 amide bonds. The molecule has 0 aliphatic heterocycles. The summed E-state index contributed by atoms with van der Waals surface area (Å²) in [7, 11) is -1.97. The molecule has 0 atom stereocenters. The predicted octanol–water partition coefficient (Wildman–Crippen LogP) is 4.45. The second-order valence-corrected chi connectivity index (χ2v) is 7.75. The number of halogens is 3. The lowest BCUT2D eigenvalue weighted by molar-refractivity contribution is -0.384. The first kappa shape index (κ1) is 23.1. The van der Waals surface area contributed by atoms with E-state index in [1.54, 1.807) is 24.3 Å². The Morgan fingerprint density at radius 2 is 1.61 bits per heavy atom. The van der Waals surface area contributed by atoms with Gasteiger partial charge in [0.05, 0.1) is 9.95 Å². The van der Waals surface area contributed by atoms with E-state index in [9.17, 15) is 25.0 Å². The van der Waals surface area contributed by atoms with Gasteiger partial charge in [0.25, 0.3) is 5.69 Å². The average molecular weight is 480 g/mol. The molecular weight excluding hydrogens is 467 g/mol. The standard InChI is InChI=1S/C20H13BCl3NO6/c22-14-1-3-19(31-20-4-2-15(23)10-17(20)24)12(6-14)8-18(26)11-5-13(21(27)28)9-16(7-11)25(29)30/h1-7,9-10,27-28H,8H2. The normalized spacial score (nSPS) is 10.6. The number of rotatable bonds is 7. The van der Waals surface area contributed by atoms with Crippen LogP contribution in [-0.4, -0.2) is 27.9 Å². The summed E-state index contributed by atoms with van der Waals surface area (Å²) < 4.78 is 5.82. The van der Waals surface area contributed by atoms with Gasteiger partial charge in [0.1, 0.15) is 11.5 Å². The highest BCUT2D eigenvalue weighted by atomic mass is 35.5. The number of ether oxygens (including phenoxy) is 1. The van der Waals surface area contributed by atoms with Gasteiger partial charge in [-0.25, -0.2) is 0 Å². The summed E-state index contributed by atoms with van der Waals surface area (Å²) in [5.41, 5.74) is -0.272. The molecule has 31 heavy (non-hydrogen) atoms. The number of hydrogen-bond donors (Lipinski definition) is 2. The van der Waals surface area contributed by atoms with Crippen LogP contribution in [0.1, 0.15) is 15.9 Å². The molecule has 0 saturated heterocycles. The quantitative estimate of drug-likeness (QED) is 0.224. The maximum atomic E-state index is 12.9. The SMILES string of the molecule is O=C(Cc1cc(Cl)ccc1Oc1ccc(Cl)cc1Cl)c1cc(B(O)O)cc([N+](=O)[O-])c1. The number of hydrogen-bond acceptors (Lipinski definition) is 6. The Hall–Kier alpha value is -2.62. The number of ketones is 1. The summed E-state index contributed by atoms with van der Waals surface area (Å²) in [5.74, 6) is 0.0952. The average Bonchev–Trinajstić information content (AvgIpc) is 2.71. The van der Waals surface area contributed by atoms with Gasteiger partial charge in [-0.3, -0.25) is 14.9 Å². The van der Waals surface area contributed by atoms with Gasteiger partial charge >= 0.3 is 7.12 Å². The summed E-state index contributed by atoms with van der Waals surface area (Å²) in [4.78, 5) is 23.3. The van der Waals surface area contributed by atoms with Crippen LogP contribution >= 0.6 is 34.8 Å². The van der Waals surface area contributed by atoms with E-state index in [1.807, 2.05) is 0 Å². The van der Waals surface area contributed by atoms with Crippen molar-refractivity contribution in [1.29, 1.82) is 0 Å². The lowest BCUT2D eigenvalue weighted by Crippen LogP contribution is -2.30. The Morgan fingerprint density at radius 3 is 2.23 bits per heavy atom. The molecule has 3 aromatic rings. The molecule has 0 aromatic heterocycles. The van der Waals surface area contributed by atoms with Crippen molar-refractivity contribution >= 4 is 58.9 Å². The van der Waals surface area contributed by atoms with Crippen molar-refractivity contribution in [3.63, 3.8) is 0 Å². The van der Waals surface area contributed by atoms with Crippen LogP contribution in [0.4, 0.5) is 5.69 Å². The fraction of sp³-hybridized carbons (Fsp3) is 0.0500. The lowest BCUT2D eigenvalue weighted by atomic mass is 9.78. The van der Waals surface area contributed by atoms with E-state index >= 15 is 0 Å². The number of benzene rings is 3. The molecule has 3 aromatic carbocycles. The van der Waals surface area contributed by atoms with Crippen molar-refractivity contribution in [3.05, 3.63) is 90.9 Å². The van der Waals surface area contributed by atoms with Gasteiger partial charge in [0, 0.05) is 39.7 Å². The van der Waals surface area contributed by atoms with Gasteiger partial charge in [-0.05, 0) is 41.9 Å². The summed E-state index contributed by atoms with van der Waals surface area (Å²) >= 11 is 18.1. The molecule has 11 heteroatoms. The van der Waals surface area contributed by atoms with Crippen LogP contribution in [-0.2, 0) is 6.42 Å². The van der Waals surface area contributed by atoms with Crippen LogP contribution < -0.4 is 10.2 Å². The van der Waals surface area contributed by atoms with Gasteiger partial charge in [0.15, 0.2) is 5.78 Å². The van der Waals surface area contributed by atoms with Crippen molar-refractivity contribution < 1.29 is 24.5 Å². The third-order valence-corrected chi connectivity index (χ3v) is 5.02. The Balaban J connectivity index is 1.94. The number of nitro benzene ring substituents is 1. The molecule has 0 fully saturated rings. The number of nitro groups is 1. The first-order valence-corrected chi connectivity index (χ1v) is 9.87. The maximum Gasteiger partial charge on any atom is 0.488 e. The first-order chi connectivity index (χ1) is 14.6. The summed E-state index contributed by atoms with van der Waals surface area (Å²) in [5, 5.41) is 30.9. The molecule has 0 heterocycles. The fourth-order valence-corrected chi connectivity index (χ4v) is 3.43. The monoisotopic (exact) mass is 479 g/mol. The second kappa shape index (κ2) is 9.68. The van der Waals surface area contributed by atoms with E-state index in [0.29, 0.717) is 27.1 Å². The van der Waals surface area contributed by atoms with Gasteiger partial charge in [0.2, 0.25) is 0 Å². The van der Waals surface area contributed by atoms with Crippen LogP contribution in [0.2, 0.25) is 15.1 Å². The molecule has 0 aliphatic rings. The number of carbonyl (C=O) groups is 1. The van der Waals surface area contributed by atoms with E-state index in [2.05, 4.69) is 0 Å². The highest BCUT2D eigenvalue weighted by Crippen LogP contribution is 2.34. The molecule has 0 bridgehead atoms. The Labute approximate surface area is 192 Å². The minimum atomic E-state index is -1.97. The molecular formula is C20H13BCl3NO6. The van der Waals surface area contributed by atoms with Crippen LogP contribution in [0.3, 0.4) is 0 Å². The molecule has 0 aliphatic carbocycles. The minimum absolute atomic E-state index is 0.0623. The summed E-state index contributed by atoms with van der Waals surface area (Å²) in [6, 6.07) is 12.6. The zero-order chi connectivity index (χ0) is 22.7. The molecule has 0 spiro atoms. The van der Waals surface area contributed by atoms with Crippen LogP contribution in [0.15, 0.2) is 54.6 Å². The largest absolute Gasteiger partial charge is 0.488 e. The second-order valence-electron chi connectivity index (χ2n) is 6.47. The maximum absolute atomic E-state index is 12.9. The highest BCUT2D eigenvalue weighted by molar-refractivity contribution is 6.58. The lowest BCUT2D eigenvalue weighted by Gasteiger charge is -2.13. The number of Topliss-reactive ketones (excluding diaryl/α,β-unsaturated/α-hetero) is 1. The number of carbonyl (C=O) groups excluding carboxylic acids is 1. The zero-order valence-electron chi connectivity index (χ0n) is 15.6. The molecule has 7 nitrogen and oxygen atoms in total. The topological polar surface area (TPSA) is 110 Å². The molecule has 0 saturated carbocycles. The van der Waals surface area contributed by atoms with Crippen molar-refractivity contribution in [1.82, 2.24) is 0 Å². The minimum Gasteiger partial charge on any atom is -0.456 e. The van der Waals surface area contributed by atoms with Crippen LogP contribution in [0, 0.1) is 10.1 Å². The van der Waals surface area contributed by atoms with Crippen molar-refractivity contribution in [2.24, 2.45) is 0 Å². The molecule has 3 rings (SSSR count). The fourth-order valence-electron chi connectivity index (χ4n) is 2.79. The number of nitrogens with zero attached hydrogens (tertiary/aromatic N) is 1.